The van der Waals surface area contributed by atoms with Gasteiger partial charge in [0.15, 0.2) is 0 Å². The first-order chi connectivity index (χ1) is 19.4. The molecule has 5 rings (SSSR count). The van der Waals surface area contributed by atoms with Crippen LogP contribution in [0.3, 0.4) is 0 Å². The Balaban J connectivity index is 1.34. The number of hydrogen-bond acceptors (Lipinski definition) is 3. The third kappa shape index (κ3) is 6.12. The van der Waals surface area contributed by atoms with E-state index in [1.165, 1.54) is 0 Å². The van der Waals surface area contributed by atoms with E-state index >= 15 is 0 Å². The lowest BCUT2D eigenvalue weighted by Crippen LogP contribution is -2.39. The molecule has 0 bridgehead atoms. The molecule has 1 atom stereocenters. The standard InChI is InChI=1S/C34H37N3O3/c1-25-20-26(2)22-29(21-25)34(39)37-19-18-35(17-15-31(37)27-10-5-4-6-11-27)33(38)23-30-13-9-16-36(30)24-28-12-7-8-14-32(28)40-3/h4-14,16,20-22,31H,15,17-19,23-24H2,1-3H3. The van der Waals surface area contributed by atoms with E-state index in [2.05, 4.69) is 22.8 Å². The van der Waals surface area contributed by atoms with Crippen molar-refractivity contribution in [3.05, 3.63) is 125 Å². The third-order valence-corrected chi connectivity index (χ3v) is 7.72. The van der Waals surface area contributed by atoms with Crippen LogP contribution < -0.4 is 4.74 Å². The molecule has 4 aromatic rings. The van der Waals surface area contributed by atoms with Crippen LogP contribution in [0.25, 0.3) is 0 Å². The number of hydrogen-bond donors (Lipinski definition) is 0. The number of carbonyl (C=O) groups excluding carboxylic acids is 2. The molecule has 1 saturated heterocycles. The van der Waals surface area contributed by atoms with Crippen LogP contribution in [0.15, 0.2) is 91.1 Å². The molecule has 1 fully saturated rings. The van der Waals surface area contributed by atoms with Gasteiger partial charge < -0.3 is 19.1 Å². The number of rotatable bonds is 7. The fourth-order valence-electron chi connectivity index (χ4n) is 5.76. The fourth-order valence-corrected chi connectivity index (χ4v) is 5.76. The molecule has 1 aromatic heterocycles. The van der Waals surface area contributed by atoms with Gasteiger partial charge in [0.1, 0.15) is 5.75 Å². The number of aromatic nitrogens is 1. The molecule has 6 nitrogen and oxygen atoms in total. The van der Waals surface area contributed by atoms with Gasteiger partial charge in [-0.05, 0) is 56.2 Å². The number of amides is 2. The maximum Gasteiger partial charge on any atom is 0.254 e. The first-order valence-corrected chi connectivity index (χ1v) is 13.9. The van der Waals surface area contributed by atoms with Crippen LogP contribution in [0.5, 0.6) is 5.75 Å². The molecule has 206 valence electrons. The number of para-hydroxylation sites is 1. The van der Waals surface area contributed by atoms with Crippen molar-refractivity contribution in [1.29, 1.82) is 0 Å². The lowest BCUT2D eigenvalue weighted by Gasteiger charge is -2.30. The summed E-state index contributed by atoms with van der Waals surface area (Å²) in [6.45, 7) is 6.26. The van der Waals surface area contributed by atoms with Gasteiger partial charge >= 0.3 is 0 Å². The summed E-state index contributed by atoms with van der Waals surface area (Å²) in [4.78, 5) is 31.3. The lowest BCUT2D eigenvalue weighted by atomic mass is 10.00. The normalized spacial score (nSPS) is 15.5. The summed E-state index contributed by atoms with van der Waals surface area (Å²) in [5, 5.41) is 0. The molecule has 1 aliphatic rings. The van der Waals surface area contributed by atoms with Crippen molar-refractivity contribution in [3.8, 4) is 5.75 Å². The van der Waals surface area contributed by atoms with E-state index in [0.29, 0.717) is 44.6 Å². The maximum absolute atomic E-state index is 13.9. The van der Waals surface area contributed by atoms with Gasteiger partial charge in [-0.3, -0.25) is 9.59 Å². The molecule has 1 aliphatic heterocycles. The van der Waals surface area contributed by atoms with E-state index < -0.39 is 0 Å². The van der Waals surface area contributed by atoms with Crippen molar-refractivity contribution in [3.63, 3.8) is 0 Å². The van der Waals surface area contributed by atoms with E-state index in [-0.39, 0.29) is 17.9 Å². The number of methoxy groups -OCH3 is 1. The Labute approximate surface area is 236 Å². The van der Waals surface area contributed by atoms with Gasteiger partial charge in [-0.1, -0.05) is 65.7 Å². The fraction of sp³-hybridized carbons (Fsp3) is 0.294. The molecule has 6 heteroatoms. The zero-order valence-electron chi connectivity index (χ0n) is 23.5. The Bertz CT molecular complexity index is 1460. The van der Waals surface area contributed by atoms with Crippen LogP contribution in [-0.2, 0) is 17.8 Å². The second-order valence-corrected chi connectivity index (χ2v) is 10.6. The Morgan fingerprint density at radius 1 is 0.850 bits per heavy atom. The van der Waals surface area contributed by atoms with Crippen LogP contribution in [-0.4, -0.2) is 52.9 Å². The van der Waals surface area contributed by atoms with Gasteiger partial charge in [0.25, 0.3) is 5.91 Å². The van der Waals surface area contributed by atoms with E-state index in [0.717, 1.165) is 33.7 Å². The molecule has 2 heterocycles. The van der Waals surface area contributed by atoms with Crippen LogP contribution in [0.2, 0.25) is 0 Å². The largest absolute Gasteiger partial charge is 0.496 e. The van der Waals surface area contributed by atoms with E-state index in [4.69, 9.17) is 4.74 Å². The molecule has 3 aromatic carbocycles. The minimum absolute atomic E-state index is 0.0145. The molecular formula is C34H37N3O3. The topological polar surface area (TPSA) is 54.8 Å². The van der Waals surface area contributed by atoms with Crippen molar-refractivity contribution < 1.29 is 14.3 Å². The molecule has 0 spiro atoms. The second kappa shape index (κ2) is 12.2. The highest BCUT2D eigenvalue weighted by Crippen LogP contribution is 2.29. The monoisotopic (exact) mass is 535 g/mol. The highest BCUT2D eigenvalue weighted by Gasteiger charge is 2.31. The Hall–Kier alpha value is -4.32. The van der Waals surface area contributed by atoms with Crippen molar-refractivity contribution in [2.24, 2.45) is 0 Å². The maximum atomic E-state index is 13.9. The molecule has 40 heavy (non-hydrogen) atoms. The summed E-state index contributed by atoms with van der Waals surface area (Å²) in [5.41, 5.74) is 5.97. The molecule has 0 radical (unpaired) electrons. The summed E-state index contributed by atoms with van der Waals surface area (Å²) < 4.78 is 7.63. The van der Waals surface area contributed by atoms with Crippen molar-refractivity contribution in [2.45, 2.75) is 39.3 Å². The summed E-state index contributed by atoms with van der Waals surface area (Å²) in [6, 6.07) is 28.0. The summed E-state index contributed by atoms with van der Waals surface area (Å²) in [7, 11) is 1.68. The van der Waals surface area contributed by atoms with Crippen LogP contribution >= 0.6 is 0 Å². The highest BCUT2D eigenvalue weighted by molar-refractivity contribution is 5.95. The zero-order valence-corrected chi connectivity index (χ0v) is 23.5. The minimum Gasteiger partial charge on any atom is -0.496 e. The lowest BCUT2D eigenvalue weighted by molar-refractivity contribution is -0.130. The zero-order chi connectivity index (χ0) is 28.1. The van der Waals surface area contributed by atoms with E-state index in [1.807, 2.05) is 96.6 Å². The summed E-state index contributed by atoms with van der Waals surface area (Å²) in [6.07, 6.45) is 3.00. The van der Waals surface area contributed by atoms with Crippen LogP contribution in [0.4, 0.5) is 0 Å². The first-order valence-electron chi connectivity index (χ1n) is 13.9. The number of ether oxygens (including phenoxy) is 1. The van der Waals surface area contributed by atoms with Crippen LogP contribution in [0, 0.1) is 13.8 Å². The Morgan fingerprint density at radius 2 is 1.57 bits per heavy atom. The SMILES string of the molecule is COc1ccccc1Cn1cccc1CC(=O)N1CCC(c2ccccc2)N(C(=O)c2cc(C)cc(C)c2)CC1. The minimum atomic E-state index is -0.0956. The molecule has 0 aliphatic carbocycles. The van der Waals surface area contributed by atoms with Gasteiger partial charge in [-0.2, -0.15) is 0 Å². The van der Waals surface area contributed by atoms with E-state index in [1.54, 1.807) is 7.11 Å². The predicted octanol–water partition coefficient (Wildman–Crippen LogP) is 5.82. The number of benzene rings is 3. The quantitative estimate of drug-likeness (QED) is 0.300. The molecule has 1 unspecified atom stereocenters. The van der Waals surface area contributed by atoms with Gasteiger partial charge in [0.2, 0.25) is 5.91 Å². The Morgan fingerprint density at radius 3 is 2.33 bits per heavy atom. The van der Waals surface area contributed by atoms with Gasteiger partial charge in [0.05, 0.1) is 26.1 Å². The molecule has 0 saturated carbocycles. The van der Waals surface area contributed by atoms with Crippen molar-refractivity contribution >= 4 is 11.8 Å². The average molecular weight is 536 g/mol. The first kappa shape index (κ1) is 27.3. The Kier molecular flexibility index (Phi) is 8.34. The van der Waals surface area contributed by atoms with Crippen LogP contribution in [0.1, 0.15) is 50.8 Å². The number of carbonyl (C=O) groups is 2. The number of aryl methyl sites for hydroxylation is 2. The van der Waals surface area contributed by atoms with Gasteiger partial charge in [-0.25, -0.2) is 0 Å². The van der Waals surface area contributed by atoms with Gasteiger partial charge in [0, 0.05) is 42.7 Å². The van der Waals surface area contributed by atoms with Crippen molar-refractivity contribution in [2.75, 3.05) is 26.7 Å². The second-order valence-electron chi connectivity index (χ2n) is 10.6. The van der Waals surface area contributed by atoms with Crippen molar-refractivity contribution in [1.82, 2.24) is 14.4 Å². The molecule has 0 N–H and O–H groups in total. The predicted molar refractivity (Wildman–Crippen MR) is 158 cm³/mol. The third-order valence-electron chi connectivity index (χ3n) is 7.72. The average Bonchev–Trinajstić information content (AvgIpc) is 3.26. The summed E-state index contributed by atoms with van der Waals surface area (Å²) >= 11 is 0. The smallest absolute Gasteiger partial charge is 0.254 e. The highest BCUT2D eigenvalue weighted by atomic mass is 16.5. The van der Waals surface area contributed by atoms with Gasteiger partial charge in [-0.15, -0.1) is 0 Å². The molecular weight excluding hydrogens is 498 g/mol. The summed E-state index contributed by atoms with van der Waals surface area (Å²) in [5.74, 6) is 0.926. The van der Waals surface area contributed by atoms with E-state index in [9.17, 15) is 9.59 Å². The molecule has 2 amide bonds. The number of nitrogens with zero attached hydrogens (tertiary/aromatic N) is 3.